The molecule has 0 aromatic heterocycles. The van der Waals surface area contributed by atoms with E-state index in [4.69, 9.17) is 0 Å². The first-order chi connectivity index (χ1) is 8.74. The summed E-state index contributed by atoms with van der Waals surface area (Å²) in [5.74, 6) is 0.341. The fourth-order valence-corrected chi connectivity index (χ4v) is 2.21. The Morgan fingerprint density at radius 3 is 2.72 bits per heavy atom. The number of nitrogens with one attached hydrogen (secondary N) is 1. The van der Waals surface area contributed by atoms with Gasteiger partial charge in [-0.05, 0) is 24.7 Å². The number of rotatable bonds is 5. The molecule has 0 aliphatic carbocycles. The van der Waals surface area contributed by atoms with Crippen LogP contribution in [0.25, 0.3) is 0 Å². The fraction of sp³-hybridized carbons (Fsp3) is 0.571. The van der Waals surface area contributed by atoms with Crippen molar-refractivity contribution in [3.05, 3.63) is 29.8 Å². The van der Waals surface area contributed by atoms with Crippen LogP contribution in [-0.4, -0.2) is 61.2 Å². The topological polar surface area (TPSA) is 38.7 Å². The number of phenolic OH excluding ortho intramolecular Hbond substituents is 1. The zero-order valence-corrected chi connectivity index (χ0v) is 11.1. The average Bonchev–Trinajstić information content (AvgIpc) is 2.37. The second-order valence-electron chi connectivity index (χ2n) is 4.99. The summed E-state index contributed by atoms with van der Waals surface area (Å²) < 4.78 is 0. The van der Waals surface area contributed by atoms with Gasteiger partial charge in [0.05, 0.1) is 0 Å². The highest BCUT2D eigenvalue weighted by molar-refractivity contribution is 5.26. The molecule has 0 amide bonds. The van der Waals surface area contributed by atoms with E-state index in [1.165, 1.54) is 26.2 Å². The van der Waals surface area contributed by atoms with Crippen molar-refractivity contribution in [2.24, 2.45) is 0 Å². The van der Waals surface area contributed by atoms with E-state index in [0.717, 1.165) is 25.2 Å². The molecule has 1 aromatic carbocycles. The predicted octanol–water partition coefficient (Wildman–Crippen LogP) is 0.729. The molecule has 1 fully saturated rings. The molecule has 0 saturated carbocycles. The maximum atomic E-state index is 9.36. The molecule has 1 aromatic rings. The SMILES string of the molecule is CN1CCN(CCNCc2cccc(O)c2)CC1. The number of nitrogens with zero attached hydrogens (tertiary/aromatic N) is 2. The fourth-order valence-electron chi connectivity index (χ4n) is 2.21. The van der Waals surface area contributed by atoms with Gasteiger partial charge in [0.15, 0.2) is 0 Å². The molecule has 4 heteroatoms. The lowest BCUT2D eigenvalue weighted by Crippen LogP contribution is -2.46. The summed E-state index contributed by atoms with van der Waals surface area (Å²) in [5.41, 5.74) is 1.13. The molecular weight excluding hydrogens is 226 g/mol. The van der Waals surface area contributed by atoms with E-state index in [0.29, 0.717) is 5.75 Å². The molecule has 0 spiro atoms. The Hall–Kier alpha value is -1.10. The molecule has 1 aliphatic rings. The summed E-state index contributed by atoms with van der Waals surface area (Å²) in [5, 5.41) is 12.8. The second kappa shape index (κ2) is 6.73. The molecule has 0 radical (unpaired) electrons. The van der Waals surface area contributed by atoms with Gasteiger partial charge in [-0.3, -0.25) is 4.90 Å². The number of aromatic hydroxyl groups is 1. The second-order valence-corrected chi connectivity index (χ2v) is 4.99. The minimum Gasteiger partial charge on any atom is -0.508 e. The van der Waals surface area contributed by atoms with Gasteiger partial charge in [-0.1, -0.05) is 12.1 Å². The molecule has 18 heavy (non-hydrogen) atoms. The average molecular weight is 249 g/mol. The van der Waals surface area contributed by atoms with Crippen LogP contribution in [0.5, 0.6) is 5.75 Å². The van der Waals surface area contributed by atoms with Crippen LogP contribution >= 0.6 is 0 Å². The first-order valence-electron chi connectivity index (χ1n) is 6.63. The maximum Gasteiger partial charge on any atom is 0.115 e. The summed E-state index contributed by atoms with van der Waals surface area (Å²) in [4.78, 5) is 4.87. The molecule has 1 saturated heterocycles. The van der Waals surface area contributed by atoms with Crippen LogP contribution in [0.1, 0.15) is 5.56 Å². The number of piperazine rings is 1. The summed E-state index contributed by atoms with van der Waals surface area (Å²) in [6.07, 6.45) is 0. The highest BCUT2D eigenvalue weighted by atomic mass is 16.3. The van der Waals surface area contributed by atoms with E-state index >= 15 is 0 Å². The Bertz CT molecular complexity index is 362. The molecule has 0 bridgehead atoms. The van der Waals surface area contributed by atoms with Crippen molar-refractivity contribution in [2.75, 3.05) is 46.3 Å². The monoisotopic (exact) mass is 249 g/mol. The third kappa shape index (κ3) is 4.29. The van der Waals surface area contributed by atoms with Gasteiger partial charge < -0.3 is 15.3 Å². The number of likely N-dealkylation sites (N-methyl/N-ethyl adjacent to an activating group) is 1. The number of hydrogen-bond donors (Lipinski definition) is 2. The maximum absolute atomic E-state index is 9.36. The normalized spacial score (nSPS) is 18.1. The van der Waals surface area contributed by atoms with Gasteiger partial charge in [-0.2, -0.15) is 0 Å². The van der Waals surface area contributed by atoms with Crippen molar-refractivity contribution >= 4 is 0 Å². The highest BCUT2D eigenvalue weighted by Crippen LogP contribution is 2.10. The van der Waals surface area contributed by atoms with Crippen molar-refractivity contribution in [3.8, 4) is 5.75 Å². The van der Waals surface area contributed by atoms with Crippen LogP contribution in [0.4, 0.5) is 0 Å². The molecule has 1 heterocycles. The number of hydrogen-bond acceptors (Lipinski definition) is 4. The number of phenols is 1. The minimum atomic E-state index is 0.341. The van der Waals surface area contributed by atoms with E-state index in [9.17, 15) is 5.11 Å². The van der Waals surface area contributed by atoms with Crippen molar-refractivity contribution in [2.45, 2.75) is 6.54 Å². The van der Waals surface area contributed by atoms with Gasteiger partial charge in [0.25, 0.3) is 0 Å². The highest BCUT2D eigenvalue weighted by Gasteiger charge is 2.12. The Labute approximate surface area is 109 Å². The molecular formula is C14H23N3O. The van der Waals surface area contributed by atoms with Crippen molar-refractivity contribution in [3.63, 3.8) is 0 Å². The third-order valence-electron chi connectivity index (χ3n) is 3.44. The van der Waals surface area contributed by atoms with Gasteiger partial charge in [-0.15, -0.1) is 0 Å². The lowest BCUT2D eigenvalue weighted by molar-refractivity contribution is 0.154. The van der Waals surface area contributed by atoms with E-state index < -0.39 is 0 Å². The molecule has 4 nitrogen and oxygen atoms in total. The van der Waals surface area contributed by atoms with Crippen LogP contribution in [0, 0.1) is 0 Å². The van der Waals surface area contributed by atoms with Gasteiger partial charge in [0.1, 0.15) is 5.75 Å². The Kier molecular flexibility index (Phi) is 4.99. The molecule has 0 atom stereocenters. The first kappa shape index (κ1) is 13.3. The van der Waals surface area contributed by atoms with E-state index in [1.807, 2.05) is 18.2 Å². The van der Waals surface area contributed by atoms with E-state index in [1.54, 1.807) is 6.07 Å². The summed E-state index contributed by atoms with van der Waals surface area (Å²) in [7, 11) is 2.18. The lowest BCUT2D eigenvalue weighted by atomic mass is 10.2. The lowest BCUT2D eigenvalue weighted by Gasteiger charge is -2.32. The molecule has 2 rings (SSSR count). The first-order valence-corrected chi connectivity index (χ1v) is 6.63. The van der Waals surface area contributed by atoms with Gasteiger partial charge in [0.2, 0.25) is 0 Å². The minimum absolute atomic E-state index is 0.341. The van der Waals surface area contributed by atoms with E-state index in [-0.39, 0.29) is 0 Å². The van der Waals surface area contributed by atoms with E-state index in [2.05, 4.69) is 22.2 Å². The molecule has 100 valence electrons. The van der Waals surface area contributed by atoms with Crippen molar-refractivity contribution in [1.29, 1.82) is 0 Å². The predicted molar refractivity (Wildman–Crippen MR) is 73.8 cm³/mol. The van der Waals surface area contributed by atoms with Gasteiger partial charge >= 0.3 is 0 Å². The third-order valence-corrected chi connectivity index (χ3v) is 3.44. The quantitative estimate of drug-likeness (QED) is 0.755. The summed E-state index contributed by atoms with van der Waals surface area (Å²) in [6, 6.07) is 7.42. The Morgan fingerprint density at radius 1 is 1.22 bits per heavy atom. The van der Waals surface area contributed by atoms with Gasteiger partial charge in [0, 0.05) is 45.8 Å². The summed E-state index contributed by atoms with van der Waals surface area (Å²) >= 11 is 0. The number of benzene rings is 1. The van der Waals surface area contributed by atoms with Crippen LogP contribution in [-0.2, 0) is 6.54 Å². The largest absolute Gasteiger partial charge is 0.508 e. The van der Waals surface area contributed by atoms with Crippen LogP contribution in [0.2, 0.25) is 0 Å². The summed E-state index contributed by atoms with van der Waals surface area (Å²) in [6.45, 7) is 7.61. The molecule has 1 aliphatic heterocycles. The smallest absolute Gasteiger partial charge is 0.115 e. The van der Waals surface area contributed by atoms with Crippen LogP contribution in [0.3, 0.4) is 0 Å². The van der Waals surface area contributed by atoms with Crippen molar-refractivity contribution < 1.29 is 5.11 Å². The Morgan fingerprint density at radius 2 is 2.00 bits per heavy atom. The zero-order valence-electron chi connectivity index (χ0n) is 11.1. The van der Waals surface area contributed by atoms with Crippen molar-refractivity contribution in [1.82, 2.24) is 15.1 Å². The molecule has 0 unspecified atom stereocenters. The zero-order chi connectivity index (χ0) is 12.8. The molecule has 2 N–H and O–H groups in total. The van der Waals surface area contributed by atoms with Crippen LogP contribution < -0.4 is 5.32 Å². The van der Waals surface area contributed by atoms with Gasteiger partial charge in [-0.25, -0.2) is 0 Å². The van der Waals surface area contributed by atoms with Crippen LogP contribution in [0.15, 0.2) is 24.3 Å². The standard InChI is InChI=1S/C14H23N3O/c1-16-7-9-17(10-8-16)6-5-15-12-13-3-2-4-14(18)11-13/h2-4,11,15,18H,5-10,12H2,1H3. The Balaban J connectivity index is 1.61.